The lowest BCUT2D eigenvalue weighted by Gasteiger charge is -2.32. The molecule has 1 aromatic carbocycles. The van der Waals surface area contributed by atoms with Crippen LogP contribution in [0.15, 0.2) is 36.5 Å². The predicted molar refractivity (Wildman–Crippen MR) is 87.7 cm³/mol. The molecule has 0 bridgehead atoms. The molecular weight excluding hydrogens is 297 g/mol. The highest BCUT2D eigenvalue weighted by Crippen LogP contribution is 2.36. The van der Waals surface area contributed by atoms with Crippen molar-refractivity contribution in [2.75, 3.05) is 0 Å². The zero-order valence-corrected chi connectivity index (χ0v) is 13.9. The first-order valence-electron chi connectivity index (χ1n) is 7.21. The van der Waals surface area contributed by atoms with Gasteiger partial charge in [0.15, 0.2) is 5.01 Å². The molecule has 1 fully saturated rings. The topological polar surface area (TPSA) is 48.4 Å². The number of hydrogen-bond donors (Lipinski definition) is 0. The third-order valence-corrected chi connectivity index (χ3v) is 5.26. The van der Waals surface area contributed by atoms with Gasteiger partial charge in [0.2, 0.25) is 5.78 Å². The Hall–Kier alpha value is -1.50. The van der Waals surface area contributed by atoms with Gasteiger partial charge in [-0.15, -0.1) is 11.3 Å². The second-order valence-electron chi connectivity index (χ2n) is 6.35. The smallest absolute Gasteiger partial charge is 0.399 e. The summed E-state index contributed by atoms with van der Waals surface area (Å²) in [5, 5.41) is 0.455. The number of hydrogen-bond acceptors (Lipinski definition) is 5. The Morgan fingerprint density at radius 3 is 2.27 bits per heavy atom. The van der Waals surface area contributed by atoms with Gasteiger partial charge in [0.05, 0.1) is 16.0 Å². The van der Waals surface area contributed by atoms with E-state index in [0.29, 0.717) is 10.6 Å². The maximum absolute atomic E-state index is 12.4. The van der Waals surface area contributed by atoms with Crippen LogP contribution < -0.4 is 4.78 Å². The van der Waals surface area contributed by atoms with E-state index in [0.717, 1.165) is 4.78 Å². The van der Waals surface area contributed by atoms with E-state index in [2.05, 4.69) is 4.98 Å². The second kappa shape index (κ2) is 5.30. The van der Waals surface area contributed by atoms with Crippen molar-refractivity contribution in [3.8, 4) is 0 Å². The molecule has 1 aliphatic heterocycles. The van der Waals surface area contributed by atoms with Gasteiger partial charge in [0.1, 0.15) is 0 Å². The van der Waals surface area contributed by atoms with Gasteiger partial charge < -0.3 is 9.31 Å². The third kappa shape index (κ3) is 2.62. The SMILES string of the molecule is CC1(C)OB(c2cnc(C(=O)c3ccccc3)s2)OC1(C)C. The lowest BCUT2D eigenvalue weighted by molar-refractivity contribution is 0.00578. The number of aromatic nitrogens is 1. The van der Waals surface area contributed by atoms with Crippen molar-refractivity contribution in [3.05, 3.63) is 47.1 Å². The Morgan fingerprint density at radius 2 is 1.68 bits per heavy atom. The van der Waals surface area contributed by atoms with Crippen LogP contribution in [0.25, 0.3) is 0 Å². The zero-order chi connectivity index (χ0) is 16.0. The van der Waals surface area contributed by atoms with E-state index < -0.39 is 18.3 Å². The van der Waals surface area contributed by atoms with Crippen molar-refractivity contribution in [2.45, 2.75) is 38.9 Å². The summed E-state index contributed by atoms with van der Waals surface area (Å²) in [6.07, 6.45) is 1.67. The van der Waals surface area contributed by atoms with Crippen LogP contribution in [-0.2, 0) is 9.31 Å². The molecule has 0 spiro atoms. The average molecular weight is 315 g/mol. The molecule has 22 heavy (non-hydrogen) atoms. The molecule has 1 aliphatic rings. The van der Waals surface area contributed by atoms with Crippen LogP contribution in [-0.4, -0.2) is 29.1 Å². The molecule has 6 heteroatoms. The van der Waals surface area contributed by atoms with Crippen molar-refractivity contribution < 1.29 is 14.1 Å². The van der Waals surface area contributed by atoms with Crippen LogP contribution in [0.1, 0.15) is 43.1 Å². The molecular formula is C16H18BNO3S. The van der Waals surface area contributed by atoms with Gasteiger partial charge in [-0.05, 0) is 27.7 Å². The molecule has 114 valence electrons. The molecule has 1 saturated heterocycles. The maximum Gasteiger partial charge on any atom is 0.507 e. The first-order valence-corrected chi connectivity index (χ1v) is 8.03. The van der Waals surface area contributed by atoms with Crippen molar-refractivity contribution >= 4 is 29.0 Å². The van der Waals surface area contributed by atoms with Crippen molar-refractivity contribution in [2.24, 2.45) is 0 Å². The van der Waals surface area contributed by atoms with Crippen LogP contribution >= 0.6 is 11.3 Å². The fourth-order valence-corrected chi connectivity index (χ4v) is 3.01. The van der Waals surface area contributed by atoms with Crippen LogP contribution in [0.3, 0.4) is 0 Å². The Morgan fingerprint density at radius 1 is 1.09 bits per heavy atom. The van der Waals surface area contributed by atoms with Crippen LogP contribution in [0.5, 0.6) is 0 Å². The Kier molecular flexibility index (Phi) is 3.71. The Bertz CT molecular complexity index is 680. The summed E-state index contributed by atoms with van der Waals surface area (Å²) in [6.45, 7) is 8.02. The quantitative estimate of drug-likeness (QED) is 0.645. The molecule has 3 rings (SSSR count). The summed E-state index contributed by atoms with van der Waals surface area (Å²) in [4.78, 5) is 16.6. The highest BCUT2D eigenvalue weighted by molar-refractivity contribution is 7.23. The molecule has 4 nitrogen and oxygen atoms in total. The van der Waals surface area contributed by atoms with E-state index in [-0.39, 0.29) is 5.78 Å². The number of rotatable bonds is 3. The standard InChI is InChI=1S/C16H18BNO3S/c1-15(2)16(3,4)21-17(20-15)12-10-18-14(22-12)13(19)11-8-6-5-7-9-11/h5-10H,1-4H3. The minimum atomic E-state index is -0.472. The predicted octanol–water partition coefficient (Wildman–Crippen LogP) is 2.67. The number of carbonyl (C=O) groups excluding carboxylic acids is 1. The van der Waals surface area contributed by atoms with Gasteiger partial charge in [-0.3, -0.25) is 4.79 Å². The largest absolute Gasteiger partial charge is 0.507 e. The van der Waals surface area contributed by atoms with Crippen molar-refractivity contribution in [1.29, 1.82) is 0 Å². The summed E-state index contributed by atoms with van der Waals surface area (Å²) < 4.78 is 12.8. The van der Waals surface area contributed by atoms with Gasteiger partial charge in [-0.2, -0.15) is 0 Å². The highest BCUT2D eigenvalue weighted by Gasteiger charge is 2.52. The normalized spacial score (nSPS) is 19.4. The van der Waals surface area contributed by atoms with Crippen LogP contribution in [0.2, 0.25) is 0 Å². The van der Waals surface area contributed by atoms with Gasteiger partial charge in [0, 0.05) is 11.8 Å². The molecule has 0 N–H and O–H groups in total. The van der Waals surface area contributed by atoms with E-state index in [4.69, 9.17) is 9.31 Å². The minimum Gasteiger partial charge on any atom is -0.399 e. The number of ketones is 1. The summed E-state index contributed by atoms with van der Waals surface area (Å²) >= 11 is 1.32. The van der Waals surface area contributed by atoms with E-state index in [9.17, 15) is 4.79 Å². The Balaban J connectivity index is 1.82. The summed E-state index contributed by atoms with van der Waals surface area (Å²) in [7, 11) is -0.472. The second-order valence-corrected chi connectivity index (χ2v) is 7.41. The summed E-state index contributed by atoms with van der Waals surface area (Å²) in [5.74, 6) is -0.0756. The van der Waals surface area contributed by atoms with Gasteiger partial charge in [-0.1, -0.05) is 30.3 Å². The Labute approximate surface area is 134 Å². The average Bonchev–Trinajstić information content (AvgIpc) is 3.03. The van der Waals surface area contributed by atoms with Gasteiger partial charge in [0.25, 0.3) is 0 Å². The lowest BCUT2D eigenvalue weighted by Crippen LogP contribution is -2.41. The molecule has 0 saturated carbocycles. The molecule has 0 aliphatic carbocycles. The molecule has 1 aromatic heterocycles. The maximum atomic E-state index is 12.4. The number of nitrogens with zero attached hydrogens (tertiary/aromatic N) is 1. The first kappa shape index (κ1) is 15.4. The lowest BCUT2D eigenvalue weighted by atomic mass is 9.89. The zero-order valence-electron chi connectivity index (χ0n) is 13.1. The summed E-state index contributed by atoms with van der Waals surface area (Å²) in [5.41, 5.74) is -0.159. The van der Waals surface area contributed by atoms with Crippen molar-refractivity contribution in [3.63, 3.8) is 0 Å². The van der Waals surface area contributed by atoms with Gasteiger partial charge in [-0.25, -0.2) is 4.98 Å². The highest BCUT2D eigenvalue weighted by atomic mass is 32.1. The van der Waals surface area contributed by atoms with E-state index in [1.54, 1.807) is 18.3 Å². The minimum absolute atomic E-state index is 0.0756. The third-order valence-electron chi connectivity index (χ3n) is 4.24. The first-order chi connectivity index (χ1) is 10.3. The van der Waals surface area contributed by atoms with E-state index in [1.165, 1.54) is 11.3 Å². The van der Waals surface area contributed by atoms with Gasteiger partial charge >= 0.3 is 7.12 Å². The number of thiazole rings is 1. The van der Waals surface area contributed by atoms with Crippen molar-refractivity contribution in [1.82, 2.24) is 4.98 Å². The monoisotopic (exact) mass is 315 g/mol. The van der Waals surface area contributed by atoms with E-state index in [1.807, 2.05) is 45.9 Å². The fourth-order valence-electron chi connectivity index (χ4n) is 2.17. The van der Waals surface area contributed by atoms with Crippen LogP contribution in [0, 0.1) is 0 Å². The molecule has 2 aromatic rings. The fraction of sp³-hybridized carbons (Fsp3) is 0.375. The molecule has 0 amide bonds. The number of carbonyl (C=O) groups is 1. The molecule has 0 unspecified atom stereocenters. The molecule has 2 heterocycles. The van der Waals surface area contributed by atoms with E-state index >= 15 is 0 Å². The summed E-state index contributed by atoms with van der Waals surface area (Å²) in [6, 6.07) is 9.15. The van der Waals surface area contributed by atoms with Crippen LogP contribution in [0.4, 0.5) is 0 Å². The number of benzene rings is 1. The molecule has 0 radical (unpaired) electrons. The molecule has 0 atom stereocenters.